The molecular formula is C13H16N2O4S. The van der Waals surface area contributed by atoms with Crippen molar-refractivity contribution in [2.75, 3.05) is 17.1 Å². The van der Waals surface area contributed by atoms with Crippen LogP contribution in [0.25, 0.3) is 0 Å². The van der Waals surface area contributed by atoms with Crippen molar-refractivity contribution >= 4 is 21.6 Å². The van der Waals surface area contributed by atoms with E-state index in [-0.39, 0.29) is 18.5 Å². The molecule has 3 rings (SSSR count). The molecule has 0 saturated heterocycles. The molecule has 1 heterocycles. The zero-order valence-corrected chi connectivity index (χ0v) is 11.9. The Balaban J connectivity index is 1.89. The third-order valence-corrected chi connectivity index (χ3v) is 4.50. The molecule has 1 saturated carbocycles. The number of carbonyl (C=O) groups excluding carboxylic acids is 1. The lowest BCUT2D eigenvalue weighted by atomic mass is 10.2. The maximum atomic E-state index is 12.1. The molecule has 1 aliphatic heterocycles. The molecule has 0 spiro atoms. The maximum Gasteiger partial charge on any atom is 0.263 e. The van der Waals surface area contributed by atoms with E-state index in [1.165, 1.54) is 4.31 Å². The summed E-state index contributed by atoms with van der Waals surface area (Å²) in [4.78, 5) is 12.1. The highest BCUT2D eigenvalue weighted by Gasteiger charge is 2.36. The highest BCUT2D eigenvalue weighted by atomic mass is 32.2. The van der Waals surface area contributed by atoms with Gasteiger partial charge in [-0.05, 0) is 25.0 Å². The summed E-state index contributed by atoms with van der Waals surface area (Å²) in [6.07, 6.45) is 2.28. The molecule has 1 N–H and O–H groups in total. The molecule has 1 aromatic rings. The molecule has 0 aromatic heterocycles. The number of fused-ring (bicyclic) bond motifs is 1. The average molecular weight is 296 g/mol. The molecule has 1 fully saturated rings. The van der Waals surface area contributed by atoms with Gasteiger partial charge < -0.3 is 10.1 Å². The van der Waals surface area contributed by atoms with E-state index in [2.05, 4.69) is 5.32 Å². The Hall–Kier alpha value is -1.76. The van der Waals surface area contributed by atoms with Crippen LogP contribution in [-0.4, -0.2) is 39.3 Å². The molecule has 0 bridgehead atoms. The van der Waals surface area contributed by atoms with Crippen LogP contribution in [0.15, 0.2) is 24.3 Å². The van der Waals surface area contributed by atoms with Crippen molar-refractivity contribution in [1.29, 1.82) is 0 Å². The van der Waals surface area contributed by atoms with E-state index in [4.69, 9.17) is 4.74 Å². The van der Waals surface area contributed by atoms with E-state index in [0.717, 1.165) is 19.1 Å². The van der Waals surface area contributed by atoms with Crippen LogP contribution in [0.5, 0.6) is 5.75 Å². The van der Waals surface area contributed by atoms with Crippen LogP contribution in [0, 0.1) is 0 Å². The predicted octanol–water partition coefficient (Wildman–Crippen LogP) is 0.492. The van der Waals surface area contributed by atoms with Gasteiger partial charge in [-0.3, -0.25) is 9.10 Å². The number of sulfonamides is 1. The summed E-state index contributed by atoms with van der Waals surface area (Å²) in [5.74, 6) is 0.163. The van der Waals surface area contributed by atoms with E-state index >= 15 is 0 Å². The monoisotopic (exact) mass is 296 g/mol. The highest BCUT2D eigenvalue weighted by molar-refractivity contribution is 7.92. The smallest absolute Gasteiger partial charge is 0.263 e. The lowest BCUT2D eigenvalue weighted by Gasteiger charge is -2.33. The Morgan fingerprint density at radius 1 is 1.35 bits per heavy atom. The van der Waals surface area contributed by atoms with Gasteiger partial charge >= 0.3 is 0 Å². The molecule has 1 aromatic carbocycles. The average Bonchev–Trinajstić information content (AvgIpc) is 3.20. The zero-order chi connectivity index (χ0) is 14.3. The number of nitrogens with one attached hydrogen (secondary N) is 1. The van der Waals surface area contributed by atoms with Crippen molar-refractivity contribution in [3.8, 4) is 5.75 Å². The number of hydrogen-bond donors (Lipinski definition) is 1. The Kier molecular flexibility index (Phi) is 3.08. The lowest BCUT2D eigenvalue weighted by Crippen LogP contribution is -2.50. The van der Waals surface area contributed by atoms with Crippen LogP contribution < -0.4 is 14.4 Å². The van der Waals surface area contributed by atoms with Gasteiger partial charge in [0.05, 0.1) is 18.5 Å². The number of amides is 1. The minimum atomic E-state index is -3.45. The molecular weight excluding hydrogens is 280 g/mol. The van der Waals surface area contributed by atoms with Crippen molar-refractivity contribution in [3.05, 3.63) is 24.3 Å². The molecule has 108 valence electrons. The van der Waals surface area contributed by atoms with Crippen molar-refractivity contribution in [2.24, 2.45) is 0 Å². The number of nitrogens with zero attached hydrogens (tertiary/aromatic N) is 1. The summed E-state index contributed by atoms with van der Waals surface area (Å²) in [5.41, 5.74) is 0.477. The SMILES string of the molecule is CS(=O)(=O)N1C[C@@H](C(=O)NC2CC2)Oc2ccccc21. The largest absolute Gasteiger partial charge is 0.476 e. The first kappa shape index (κ1) is 13.2. The minimum absolute atomic E-state index is 0.00833. The summed E-state index contributed by atoms with van der Waals surface area (Å²) in [6.45, 7) is 0.00833. The number of anilines is 1. The molecule has 20 heavy (non-hydrogen) atoms. The quantitative estimate of drug-likeness (QED) is 0.881. The first-order valence-electron chi connectivity index (χ1n) is 6.49. The molecule has 2 aliphatic rings. The normalized spacial score (nSPS) is 21.9. The fraction of sp³-hybridized carbons (Fsp3) is 0.462. The maximum absolute atomic E-state index is 12.1. The molecule has 1 atom stereocenters. The van der Waals surface area contributed by atoms with Crippen LogP contribution in [-0.2, 0) is 14.8 Å². The molecule has 0 unspecified atom stereocenters. The number of hydrogen-bond acceptors (Lipinski definition) is 4. The van der Waals surface area contributed by atoms with Crippen molar-refractivity contribution in [2.45, 2.75) is 25.0 Å². The van der Waals surface area contributed by atoms with E-state index < -0.39 is 16.1 Å². The molecule has 1 amide bonds. The summed E-state index contributed by atoms with van der Waals surface area (Å²) in [6, 6.07) is 7.05. The first-order chi connectivity index (χ1) is 9.45. The second kappa shape index (κ2) is 4.66. The summed E-state index contributed by atoms with van der Waals surface area (Å²) in [5, 5.41) is 2.84. The Morgan fingerprint density at radius 3 is 2.70 bits per heavy atom. The van der Waals surface area contributed by atoms with E-state index in [1.807, 2.05) is 0 Å². The summed E-state index contributed by atoms with van der Waals surface area (Å²) < 4.78 is 30.6. The Bertz CT molecular complexity index is 640. The summed E-state index contributed by atoms with van der Waals surface area (Å²) in [7, 11) is -3.45. The van der Waals surface area contributed by atoms with Crippen LogP contribution >= 0.6 is 0 Å². The first-order valence-corrected chi connectivity index (χ1v) is 8.34. The van der Waals surface area contributed by atoms with Gasteiger partial charge in [0.25, 0.3) is 5.91 Å². The van der Waals surface area contributed by atoms with Crippen molar-refractivity contribution in [1.82, 2.24) is 5.32 Å². The topological polar surface area (TPSA) is 75.7 Å². The van der Waals surface area contributed by atoms with E-state index in [9.17, 15) is 13.2 Å². The molecule has 1 aliphatic carbocycles. The lowest BCUT2D eigenvalue weighted by molar-refractivity contribution is -0.127. The van der Waals surface area contributed by atoms with Gasteiger partial charge in [0.15, 0.2) is 6.10 Å². The van der Waals surface area contributed by atoms with Gasteiger partial charge in [0, 0.05) is 6.04 Å². The third kappa shape index (κ3) is 2.58. The van der Waals surface area contributed by atoms with Crippen LogP contribution in [0.3, 0.4) is 0 Å². The van der Waals surface area contributed by atoms with Crippen LogP contribution in [0.1, 0.15) is 12.8 Å². The molecule has 6 nitrogen and oxygen atoms in total. The minimum Gasteiger partial charge on any atom is -0.476 e. The van der Waals surface area contributed by atoms with Gasteiger partial charge in [-0.1, -0.05) is 12.1 Å². The number of rotatable bonds is 3. The van der Waals surface area contributed by atoms with Gasteiger partial charge in [-0.2, -0.15) is 0 Å². The van der Waals surface area contributed by atoms with E-state index in [1.54, 1.807) is 24.3 Å². The van der Waals surface area contributed by atoms with Gasteiger partial charge in [-0.15, -0.1) is 0 Å². The number of para-hydroxylation sites is 2. The summed E-state index contributed by atoms with van der Waals surface area (Å²) >= 11 is 0. The molecule has 7 heteroatoms. The number of benzene rings is 1. The highest BCUT2D eigenvalue weighted by Crippen LogP contribution is 2.34. The van der Waals surface area contributed by atoms with Crippen LogP contribution in [0.4, 0.5) is 5.69 Å². The van der Waals surface area contributed by atoms with E-state index in [0.29, 0.717) is 11.4 Å². The van der Waals surface area contributed by atoms with Gasteiger partial charge in [0.2, 0.25) is 10.0 Å². The number of ether oxygens (including phenoxy) is 1. The third-order valence-electron chi connectivity index (χ3n) is 3.35. The fourth-order valence-corrected chi connectivity index (χ4v) is 3.09. The second-order valence-corrected chi connectivity index (χ2v) is 7.06. The predicted molar refractivity (Wildman–Crippen MR) is 74.2 cm³/mol. The van der Waals surface area contributed by atoms with Crippen molar-refractivity contribution in [3.63, 3.8) is 0 Å². The van der Waals surface area contributed by atoms with Crippen molar-refractivity contribution < 1.29 is 17.9 Å². The standard InChI is InChI=1S/C13H16N2O4S/c1-20(17,18)15-8-12(13(16)14-9-6-7-9)19-11-5-3-2-4-10(11)15/h2-5,9,12H,6-8H2,1H3,(H,14,16)/t12-/m0/s1. The molecule has 0 radical (unpaired) electrons. The Labute approximate surface area is 117 Å². The van der Waals surface area contributed by atoms with Crippen LogP contribution in [0.2, 0.25) is 0 Å². The van der Waals surface area contributed by atoms with Gasteiger partial charge in [0.1, 0.15) is 5.75 Å². The fourth-order valence-electron chi connectivity index (χ4n) is 2.17. The number of carbonyl (C=O) groups is 1. The second-order valence-electron chi connectivity index (χ2n) is 5.15. The zero-order valence-electron chi connectivity index (χ0n) is 11.1. The van der Waals surface area contributed by atoms with Gasteiger partial charge in [-0.25, -0.2) is 8.42 Å². The Morgan fingerprint density at radius 2 is 2.05 bits per heavy atom.